The van der Waals surface area contributed by atoms with Crippen LogP contribution >= 0.6 is 0 Å². The van der Waals surface area contributed by atoms with Crippen LogP contribution in [0.1, 0.15) is 36.5 Å². The van der Waals surface area contributed by atoms with Gasteiger partial charge >= 0.3 is 0 Å². The Balaban J connectivity index is 1.51. The Morgan fingerprint density at radius 1 is 0.971 bits per heavy atom. The van der Waals surface area contributed by atoms with E-state index in [0.717, 1.165) is 22.5 Å². The molecule has 0 saturated carbocycles. The summed E-state index contributed by atoms with van der Waals surface area (Å²) in [6.45, 7) is 4.98. The molecule has 0 aliphatic rings. The number of anilines is 2. The summed E-state index contributed by atoms with van der Waals surface area (Å²) in [6, 6.07) is 18.0. The van der Waals surface area contributed by atoms with E-state index in [2.05, 4.69) is 15.6 Å². The van der Waals surface area contributed by atoms with Crippen LogP contribution in [-0.2, 0) is 4.79 Å². The monoisotopic (exact) mass is 460 g/mol. The van der Waals surface area contributed by atoms with Crippen molar-refractivity contribution in [3.05, 3.63) is 83.9 Å². The molecule has 0 unspecified atom stereocenters. The van der Waals surface area contributed by atoms with Crippen molar-refractivity contribution in [1.29, 1.82) is 0 Å². The molecule has 0 atom stereocenters. The molecule has 0 aliphatic carbocycles. The maximum atomic E-state index is 13.4. The van der Waals surface area contributed by atoms with E-state index in [-0.39, 0.29) is 24.1 Å². The average Bonchev–Trinajstić information content (AvgIpc) is 3.09. The van der Waals surface area contributed by atoms with Gasteiger partial charge in [0.05, 0.1) is 23.1 Å². The molecule has 0 aliphatic heterocycles. The molecule has 4 rings (SSSR count). The predicted molar refractivity (Wildman–Crippen MR) is 130 cm³/mol. The SMILES string of the molecule is Cc1nc2ccc(C(=O)Nc3ccc(NC(=O)CC(C)(C)O)cc3)cc2n1-c1ccc(F)cc1. The van der Waals surface area contributed by atoms with Gasteiger partial charge in [0.25, 0.3) is 5.91 Å². The Morgan fingerprint density at radius 2 is 1.59 bits per heavy atom. The highest BCUT2D eigenvalue weighted by atomic mass is 19.1. The molecule has 0 radical (unpaired) electrons. The molecular formula is C26H25FN4O3. The van der Waals surface area contributed by atoms with Crippen molar-refractivity contribution in [2.75, 3.05) is 10.6 Å². The van der Waals surface area contributed by atoms with Crippen LogP contribution in [0, 0.1) is 12.7 Å². The summed E-state index contributed by atoms with van der Waals surface area (Å²) in [5.41, 5.74) is 2.69. The van der Waals surface area contributed by atoms with Crippen LogP contribution in [0.15, 0.2) is 66.7 Å². The molecule has 3 aromatic carbocycles. The first kappa shape index (κ1) is 23.1. The van der Waals surface area contributed by atoms with Crippen LogP contribution < -0.4 is 10.6 Å². The number of hydrogen-bond acceptors (Lipinski definition) is 4. The first-order valence-electron chi connectivity index (χ1n) is 10.8. The highest BCUT2D eigenvalue weighted by molar-refractivity contribution is 6.06. The number of aliphatic hydroxyl groups is 1. The molecule has 3 N–H and O–H groups in total. The van der Waals surface area contributed by atoms with Gasteiger partial charge in [0.1, 0.15) is 11.6 Å². The number of nitrogens with one attached hydrogen (secondary N) is 2. The fourth-order valence-corrected chi connectivity index (χ4v) is 3.69. The second-order valence-corrected chi connectivity index (χ2v) is 8.74. The van der Waals surface area contributed by atoms with E-state index in [0.29, 0.717) is 16.9 Å². The van der Waals surface area contributed by atoms with E-state index in [1.54, 1.807) is 68.4 Å². The zero-order valence-corrected chi connectivity index (χ0v) is 19.1. The van der Waals surface area contributed by atoms with Gasteiger partial charge in [-0.25, -0.2) is 9.37 Å². The summed E-state index contributed by atoms with van der Waals surface area (Å²) in [7, 11) is 0. The lowest BCUT2D eigenvalue weighted by Gasteiger charge is -2.16. The number of rotatable bonds is 6. The summed E-state index contributed by atoms with van der Waals surface area (Å²) in [5.74, 6) is -0.203. The second-order valence-electron chi connectivity index (χ2n) is 8.74. The Kier molecular flexibility index (Phi) is 6.17. The van der Waals surface area contributed by atoms with Gasteiger partial charge in [-0.1, -0.05) is 0 Å². The Labute approximate surface area is 196 Å². The van der Waals surface area contributed by atoms with Crippen molar-refractivity contribution >= 4 is 34.2 Å². The first-order chi connectivity index (χ1) is 16.1. The molecule has 2 amide bonds. The van der Waals surface area contributed by atoms with E-state index < -0.39 is 5.60 Å². The average molecular weight is 461 g/mol. The van der Waals surface area contributed by atoms with Crippen LogP contribution in [0.4, 0.5) is 15.8 Å². The van der Waals surface area contributed by atoms with Gasteiger partial charge in [0.15, 0.2) is 0 Å². The molecule has 1 aromatic heterocycles. The number of aryl methyl sites for hydroxylation is 1. The molecule has 0 spiro atoms. The lowest BCUT2D eigenvalue weighted by atomic mass is 10.1. The van der Waals surface area contributed by atoms with Crippen molar-refractivity contribution in [2.45, 2.75) is 32.8 Å². The van der Waals surface area contributed by atoms with Crippen LogP contribution in [-0.4, -0.2) is 32.1 Å². The molecule has 34 heavy (non-hydrogen) atoms. The first-order valence-corrected chi connectivity index (χ1v) is 10.8. The molecule has 8 heteroatoms. The molecule has 0 saturated heterocycles. The van der Waals surface area contributed by atoms with Gasteiger partial charge in [-0.3, -0.25) is 14.2 Å². The smallest absolute Gasteiger partial charge is 0.255 e. The molecule has 0 fully saturated rings. The van der Waals surface area contributed by atoms with Crippen molar-refractivity contribution in [3.63, 3.8) is 0 Å². The normalized spacial score (nSPS) is 11.4. The van der Waals surface area contributed by atoms with Crippen LogP contribution in [0.2, 0.25) is 0 Å². The third kappa shape index (κ3) is 5.29. The van der Waals surface area contributed by atoms with E-state index in [1.165, 1.54) is 12.1 Å². The molecule has 7 nitrogen and oxygen atoms in total. The van der Waals surface area contributed by atoms with Gasteiger partial charge in [-0.2, -0.15) is 0 Å². The minimum Gasteiger partial charge on any atom is -0.390 e. The minimum absolute atomic E-state index is 0.0258. The second kappa shape index (κ2) is 9.07. The predicted octanol–water partition coefficient (Wildman–Crippen LogP) is 4.82. The number of nitrogens with zero attached hydrogens (tertiary/aromatic N) is 2. The number of carbonyl (C=O) groups is 2. The van der Waals surface area contributed by atoms with Gasteiger partial charge in [0, 0.05) is 22.6 Å². The van der Waals surface area contributed by atoms with Crippen LogP contribution in [0.3, 0.4) is 0 Å². The van der Waals surface area contributed by atoms with Gasteiger partial charge in [-0.15, -0.1) is 0 Å². The number of aromatic nitrogens is 2. The van der Waals surface area contributed by atoms with E-state index >= 15 is 0 Å². The molecule has 0 bridgehead atoms. The number of imidazole rings is 1. The van der Waals surface area contributed by atoms with Crippen molar-refractivity contribution < 1.29 is 19.1 Å². The van der Waals surface area contributed by atoms with Crippen LogP contribution in [0.25, 0.3) is 16.7 Å². The highest BCUT2D eigenvalue weighted by Crippen LogP contribution is 2.24. The Morgan fingerprint density at radius 3 is 2.21 bits per heavy atom. The number of carbonyl (C=O) groups excluding carboxylic acids is 2. The molecule has 174 valence electrons. The van der Waals surface area contributed by atoms with Crippen molar-refractivity contribution in [1.82, 2.24) is 9.55 Å². The lowest BCUT2D eigenvalue weighted by Crippen LogP contribution is -2.27. The lowest BCUT2D eigenvalue weighted by molar-refractivity contribution is -0.119. The van der Waals surface area contributed by atoms with E-state index in [4.69, 9.17) is 0 Å². The summed E-state index contributed by atoms with van der Waals surface area (Å²) in [4.78, 5) is 29.4. The Bertz CT molecular complexity index is 1350. The van der Waals surface area contributed by atoms with Crippen LogP contribution in [0.5, 0.6) is 0 Å². The molecular weight excluding hydrogens is 435 g/mol. The van der Waals surface area contributed by atoms with E-state index in [9.17, 15) is 19.1 Å². The summed E-state index contributed by atoms with van der Waals surface area (Å²) in [5, 5.41) is 15.3. The minimum atomic E-state index is -1.09. The van der Waals surface area contributed by atoms with Gasteiger partial charge < -0.3 is 15.7 Å². The highest BCUT2D eigenvalue weighted by Gasteiger charge is 2.18. The van der Waals surface area contributed by atoms with Crippen molar-refractivity contribution in [3.8, 4) is 5.69 Å². The zero-order chi connectivity index (χ0) is 24.5. The number of hydrogen-bond donors (Lipinski definition) is 3. The Hall–Kier alpha value is -4.04. The quantitative estimate of drug-likeness (QED) is 0.384. The molecule has 4 aromatic rings. The number of amides is 2. The third-order valence-electron chi connectivity index (χ3n) is 5.19. The number of fused-ring (bicyclic) bond motifs is 1. The maximum absolute atomic E-state index is 13.4. The topological polar surface area (TPSA) is 96.2 Å². The molecule has 1 heterocycles. The largest absolute Gasteiger partial charge is 0.390 e. The number of benzene rings is 3. The zero-order valence-electron chi connectivity index (χ0n) is 19.1. The fraction of sp³-hybridized carbons (Fsp3) is 0.192. The number of halogens is 1. The van der Waals surface area contributed by atoms with Crippen molar-refractivity contribution in [2.24, 2.45) is 0 Å². The fourth-order valence-electron chi connectivity index (χ4n) is 3.69. The summed E-state index contributed by atoms with van der Waals surface area (Å²) < 4.78 is 15.2. The summed E-state index contributed by atoms with van der Waals surface area (Å²) in [6.07, 6.45) is -0.0258. The van der Waals surface area contributed by atoms with Gasteiger partial charge in [0.2, 0.25) is 5.91 Å². The third-order valence-corrected chi connectivity index (χ3v) is 5.19. The van der Waals surface area contributed by atoms with Gasteiger partial charge in [-0.05, 0) is 87.5 Å². The standard InChI is InChI=1S/C26H25FN4O3/c1-16-28-22-13-4-17(14-23(22)31(16)21-11-5-18(27)6-12-21)25(33)30-20-9-7-19(8-10-20)29-24(32)15-26(2,3)34/h4-14,34H,15H2,1-3H3,(H,29,32)(H,30,33). The maximum Gasteiger partial charge on any atom is 0.255 e. The van der Waals surface area contributed by atoms with E-state index in [1.807, 2.05) is 11.5 Å². The summed E-state index contributed by atoms with van der Waals surface area (Å²) >= 11 is 0.